The number of halogens is 2. The Hall–Kier alpha value is -1.34. The summed E-state index contributed by atoms with van der Waals surface area (Å²) in [6, 6.07) is 3.81. The number of nitrogens with two attached hydrogens (primary N) is 1. The molecular weight excluding hydrogens is 400 g/mol. The SMILES string of the molecule is CCCc1c(N)ncnc1Nc1cc(OC)c(Br)cc1Br. The molecule has 1 aromatic heterocycles. The van der Waals surface area contributed by atoms with Gasteiger partial charge >= 0.3 is 0 Å². The highest BCUT2D eigenvalue weighted by Gasteiger charge is 2.12. The highest BCUT2D eigenvalue weighted by atomic mass is 79.9. The summed E-state index contributed by atoms with van der Waals surface area (Å²) in [7, 11) is 1.63. The number of hydrogen-bond acceptors (Lipinski definition) is 5. The Balaban J connectivity index is 2.41. The van der Waals surface area contributed by atoms with Gasteiger partial charge in [-0.3, -0.25) is 0 Å². The molecule has 5 nitrogen and oxygen atoms in total. The van der Waals surface area contributed by atoms with Crippen LogP contribution in [0, 0.1) is 0 Å². The molecule has 7 heteroatoms. The van der Waals surface area contributed by atoms with Crippen LogP contribution in [0.3, 0.4) is 0 Å². The van der Waals surface area contributed by atoms with E-state index in [0.29, 0.717) is 5.82 Å². The Morgan fingerprint density at radius 1 is 1.24 bits per heavy atom. The predicted octanol–water partition coefficient (Wildman–Crippen LogP) is 4.29. The van der Waals surface area contributed by atoms with E-state index >= 15 is 0 Å². The van der Waals surface area contributed by atoms with Crippen molar-refractivity contribution in [3.63, 3.8) is 0 Å². The summed E-state index contributed by atoms with van der Waals surface area (Å²) in [6.07, 6.45) is 3.25. The van der Waals surface area contributed by atoms with Crippen LogP contribution in [0.2, 0.25) is 0 Å². The average molecular weight is 416 g/mol. The monoisotopic (exact) mass is 414 g/mol. The van der Waals surface area contributed by atoms with Gasteiger partial charge in [-0.2, -0.15) is 0 Å². The highest BCUT2D eigenvalue weighted by molar-refractivity contribution is 9.11. The van der Waals surface area contributed by atoms with E-state index in [9.17, 15) is 0 Å². The molecule has 0 atom stereocenters. The van der Waals surface area contributed by atoms with Crippen molar-refractivity contribution in [1.29, 1.82) is 0 Å². The number of hydrogen-bond donors (Lipinski definition) is 2. The van der Waals surface area contributed by atoms with E-state index in [1.807, 2.05) is 12.1 Å². The molecule has 0 spiro atoms. The van der Waals surface area contributed by atoms with Crippen molar-refractivity contribution >= 4 is 49.2 Å². The van der Waals surface area contributed by atoms with E-state index < -0.39 is 0 Å². The molecular formula is C14H16Br2N4O. The fraction of sp³-hybridized carbons (Fsp3) is 0.286. The molecule has 0 aliphatic carbocycles. The fourth-order valence-corrected chi connectivity index (χ4v) is 3.19. The van der Waals surface area contributed by atoms with E-state index in [2.05, 4.69) is 54.1 Å². The number of rotatable bonds is 5. The van der Waals surface area contributed by atoms with Crippen LogP contribution < -0.4 is 15.8 Å². The summed E-state index contributed by atoms with van der Waals surface area (Å²) in [5, 5.41) is 3.29. The van der Waals surface area contributed by atoms with Crippen LogP contribution in [0.4, 0.5) is 17.3 Å². The van der Waals surface area contributed by atoms with Crippen molar-refractivity contribution in [2.75, 3.05) is 18.2 Å². The Kier molecular flexibility index (Phi) is 5.41. The molecule has 0 fully saturated rings. The van der Waals surface area contributed by atoms with Gasteiger partial charge < -0.3 is 15.8 Å². The second-order valence-corrected chi connectivity index (χ2v) is 6.14. The first kappa shape index (κ1) is 16.0. The van der Waals surface area contributed by atoms with Crippen LogP contribution in [0.25, 0.3) is 0 Å². The van der Waals surface area contributed by atoms with Crippen molar-refractivity contribution < 1.29 is 4.74 Å². The Morgan fingerprint density at radius 2 is 2.00 bits per heavy atom. The number of aromatic nitrogens is 2. The van der Waals surface area contributed by atoms with Crippen LogP contribution in [0.1, 0.15) is 18.9 Å². The molecule has 0 saturated carbocycles. The summed E-state index contributed by atoms with van der Waals surface area (Å²) < 4.78 is 7.09. The third kappa shape index (κ3) is 3.65. The van der Waals surface area contributed by atoms with E-state index in [-0.39, 0.29) is 0 Å². The minimum Gasteiger partial charge on any atom is -0.495 e. The summed E-state index contributed by atoms with van der Waals surface area (Å²) >= 11 is 6.98. The molecule has 1 aromatic carbocycles. The molecule has 2 aromatic rings. The summed E-state index contributed by atoms with van der Waals surface area (Å²) in [5.41, 5.74) is 7.72. The minimum absolute atomic E-state index is 0.509. The van der Waals surface area contributed by atoms with E-state index in [4.69, 9.17) is 10.5 Å². The lowest BCUT2D eigenvalue weighted by atomic mass is 10.1. The zero-order valence-corrected chi connectivity index (χ0v) is 15.0. The quantitative estimate of drug-likeness (QED) is 0.761. The third-order valence-electron chi connectivity index (χ3n) is 2.97. The minimum atomic E-state index is 0.509. The Labute approximate surface area is 140 Å². The number of benzene rings is 1. The Bertz CT molecular complexity index is 649. The van der Waals surface area contributed by atoms with Gasteiger partial charge in [-0.25, -0.2) is 9.97 Å². The highest BCUT2D eigenvalue weighted by Crippen LogP contribution is 2.36. The molecule has 1 heterocycles. The Morgan fingerprint density at radius 3 is 2.67 bits per heavy atom. The van der Waals surface area contributed by atoms with Gasteiger partial charge in [0, 0.05) is 16.1 Å². The first-order chi connectivity index (χ1) is 10.1. The van der Waals surface area contributed by atoms with Gasteiger partial charge in [-0.1, -0.05) is 13.3 Å². The molecule has 0 bridgehead atoms. The van der Waals surface area contributed by atoms with Gasteiger partial charge in [0.15, 0.2) is 0 Å². The largest absolute Gasteiger partial charge is 0.495 e. The molecule has 3 N–H and O–H groups in total. The molecule has 0 aliphatic rings. The van der Waals surface area contributed by atoms with Gasteiger partial charge in [-0.15, -0.1) is 0 Å². The lowest BCUT2D eigenvalue weighted by molar-refractivity contribution is 0.412. The van der Waals surface area contributed by atoms with Gasteiger partial charge in [0.2, 0.25) is 0 Å². The van der Waals surface area contributed by atoms with Crippen molar-refractivity contribution in [3.8, 4) is 5.75 Å². The third-order valence-corrected chi connectivity index (χ3v) is 4.25. The molecule has 0 aliphatic heterocycles. The maximum absolute atomic E-state index is 5.94. The van der Waals surface area contributed by atoms with Crippen LogP contribution in [-0.4, -0.2) is 17.1 Å². The standard InChI is InChI=1S/C14H16Br2N4O/c1-3-4-8-13(17)18-7-19-14(8)20-11-6-12(21-2)10(16)5-9(11)15/h5-7H,3-4H2,1-2H3,(H3,17,18,19,20). The van der Waals surface area contributed by atoms with Gasteiger partial charge in [-0.05, 0) is 44.3 Å². The molecule has 0 amide bonds. The smallest absolute Gasteiger partial charge is 0.139 e. The first-order valence-corrected chi connectivity index (χ1v) is 8.04. The molecule has 2 rings (SSSR count). The molecule has 112 valence electrons. The molecule has 21 heavy (non-hydrogen) atoms. The second kappa shape index (κ2) is 7.09. The molecule has 0 radical (unpaired) electrons. The van der Waals surface area contributed by atoms with E-state index in [1.165, 1.54) is 6.33 Å². The van der Waals surface area contributed by atoms with Crippen LogP contribution in [0.15, 0.2) is 27.4 Å². The first-order valence-electron chi connectivity index (χ1n) is 6.46. The topological polar surface area (TPSA) is 73.1 Å². The molecule has 0 saturated heterocycles. The molecule has 0 unspecified atom stereocenters. The van der Waals surface area contributed by atoms with E-state index in [1.54, 1.807) is 7.11 Å². The maximum atomic E-state index is 5.94. The number of methoxy groups -OCH3 is 1. The average Bonchev–Trinajstić information content (AvgIpc) is 2.45. The van der Waals surface area contributed by atoms with Crippen LogP contribution >= 0.6 is 31.9 Å². The number of nitrogens with one attached hydrogen (secondary N) is 1. The summed E-state index contributed by atoms with van der Waals surface area (Å²) in [4.78, 5) is 8.35. The summed E-state index contributed by atoms with van der Waals surface area (Å²) in [5.74, 6) is 1.96. The normalized spacial score (nSPS) is 10.5. The van der Waals surface area contributed by atoms with Crippen molar-refractivity contribution in [1.82, 2.24) is 9.97 Å². The van der Waals surface area contributed by atoms with Gasteiger partial charge in [0.05, 0.1) is 17.3 Å². The maximum Gasteiger partial charge on any atom is 0.139 e. The number of nitrogens with zero attached hydrogens (tertiary/aromatic N) is 2. The van der Waals surface area contributed by atoms with Crippen molar-refractivity contribution in [2.45, 2.75) is 19.8 Å². The van der Waals surface area contributed by atoms with E-state index in [0.717, 1.165) is 44.6 Å². The second-order valence-electron chi connectivity index (χ2n) is 4.43. The zero-order chi connectivity index (χ0) is 15.4. The lowest BCUT2D eigenvalue weighted by Gasteiger charge is -2.14. The summed E-state index contributed by atoms with van der Waals surface area (Å²) in [6.45, 7) is 2.09. The lowest BCUT2D eigenvalue weighted by Crippen LogP contribution is -2.05. The van der Waals surface area contributed by atoms with Crippen molar-refractivity contribution in [3.05, 3.63) is 33.0 Å². The fourth-order valence-electron chi connectivity index (χ4n) is 1.94. The number of anilines is 3. The van der Waals surface area contributed by atoms with Crippen LogP contribution in [-0.2, 0) is 6.42 Å². The number of nitrogen functional groups attached to an aromatic ring is 1. The predicted molar refractivity (Wildman–Crippen MR) is 92.1 cm³/mol. The van der Waals surface area contributed by atoms with Crippen LogP contribution in [0.5, 0.6) is 5.75 Å². The van der Waals surface area contributed by atoms with Gasteiger partial charge in [0.25, 0.3) is 0 Å². The zero-order valence-electron chi connectivity index (χ0n) is 11.8. The van der Waals surface area contributed by atoms with Crippen molar-refractivity contribution in [2.24, 2.45) is 0 Å². The van der Waals surface area contributed by atoms with Gasteiger partial charge in [0.1, 0.15) is 23.7 Å². The number of ether oxygens (including phenoxy) is 1.